The fraction of sp³-hybridized carbons (Fsp3) is 0.0588. The molecule has 0 aliphatic carbocycles. The Morgan fingerprint density at radius 3 is 2.21 bits per heavy atom. The first-order chi connectivity index (χ1) is 13.5. The lowest BCUT2D eigenvalue weighted by atomic mass is 10.1. The maximum atomic E-state index is 11.5. The van der Waals surface area contributed by atoms with Crippen LogP contribution in [0.25, 0.3) is 10.8 Å². The number of benzene rings is 3. The van der Waals surface area contributed by atoms with Gasteiger partial charge in [0, 0.05) is 11.5 Å². The lowest BCUT2D eigenvalue weighted by Gasteiger charge is -2.08. The summed E-state index contributed by atoms with van der Waals surface area (Å²) >= 11 is 0. The average molecular weight is 437 g/mol. The van der Waals surface area contributed by atoms with Crippen LogP contribution in [0.3, 0.4) is 0 Å². The molecule has 152 valence electrons. The summed E-state index contributed by atoms with van der Waals surface area (Å²) in [5, 5.41) is 9.08. The molecule has 3 rings (SSSR count). The van der Waals surface area contributed by atoms with Gasteiger partial charge in [0.05, 0.1) is 23.4 Å². The number of nitrogens with zero attached hydrogens (tertiary/aromatic N) is 2. The van der Waals surface area contributed by atoms with Crippen molar-refractivity contribution in [1.82, 2.24) is 0 Å². The molecule has 4 N–H and O–H groups in total. The highest BCUT2D eigenvalue weighted by molar-refractivity contribution is 7.86. The number of azo groups is 1. The third kappa shape index (κ3) is 4.35. The Morgan fingerprint density at radius 1 is 0.897 bits per heavy atom. The first-order valence-electron chi connectivity index (χ1n) is 7.88. The minimum atomic E-state index is -4.58. The number of rotatable bonds is 5. The summed E-state index contributed by atoms with van der Waals surface area (Å²) in [5.41, 5.74) is 5.75. The lowest BCUT2D eigenvalue weighted by Crippen LogP contribution is -2.03. The number of nitrogen functional groups attached to an aromatic ring is 1. The molecule has 0 aliphatic heterocycles. The van der Waals surface area contributed by atoms with Crippen molar-refractivity contribution in [2.24, 2.45) is 10.2 Å². The van der Waals surface area contributed by atoms with Crippen LogP contribution in [0.1, 0.15) is 0 Å². The van der Waals surface area contributed by atoms with Crippen molar-refractivity contribution in [2.75, 3.05) is 12.8 Å². The van der Waals surface area contributed by atoms with Crippen molar-refractivity contribution in [1.29, 1.82) is 0 Å². The summed E-state index contributed by atoms with van der Waals surface area (Å²) in [4.78, 5) is -0.806. The monoisotopic (exact) mass is 437 g/mol. The normalized spacial score (nSPS) is 12.5. The topological polar surface area (TPSA) is 169 Å². The average Bonchev–Trinajstić information content (AvgIpc) is 2.64. The van der Waals surface area contributed by atoms with E-state index in [1.807, 2.05) is 0 Å². The zero-order valence-electron chi connectivity index (χ0n) is 14.8. The summed E-state index contributed by atoms with van der Waals surface area (Å²) in [7, 11) is -7.61. The Balaban J connectivity index is 2.12. The van der Waals surface area contributed by atoms with Gasteiger partial charge in [0.15, 0.2) is 0 Å². The second kappa shape index (κ2) is 7.40. The smallest absolute Gasteiger partial charge is 0.296 e. The zero-order valence-corrected chi connectivity index (χ0v) is 16.5. The number of methoxy groups -OCH3 is 1. The van der Waals surface area contributed by atoms with Gasteiger partial charge < -0.3 is 10.5 Å². The predicted molar refractivity (Wildman–Crippen MR) is 105 cm³/mol. The number of fused-ring (bicyclic) bond motifs is 1. The fourth-order valence-electron chi connectivity index (χ4n) is 2.63. The lowest BCUT2D eigenvalue weighted by molar-refractivity contribution is 0.415. The van der Waals surface area contributed by atoms with E-state index in [9.17, 15) is 25.9 Å². The Hall–Kier alpha value is -3.06. The minimum absolute atomic E-state index is 0.000819. The first-order valence-corrected chi connectivity index (χ1v) is 10.8. The molecule has 0 aromatic heterocycles. The van der Waals surface area contributed by atoms with Crippen LogP contribution in [0.4, 0.5) is 17.1 Å². The molecule has 3 aromatic rings. The van der Waals surface area contributed by atoms with Gasteiger partial charge in [-0.25, -0.2) is 0 Å². The standard InChI is InChI=1S/C17H15N3O7S2/c1-27-16-8-13(18)17(29(24,25)26)9-15(16)20-19-14-4-2-3-10-7-11(28(21,22)23)5-6-12(10)14/h2-9H,18H2,1H3,(H,21,22,23)(H,24,25,26). The van der Waals surface area contributed by atoms with Crippen LogP contribution in [-0.4, -0.2) is 33.1 Å². The Kier molecular flexibility index (Phi) is 5.28. The van der Waals surface area contributed by atoms with Crippen LogP contribution in [-0.2, 0) is 20.2 Å². The van der Waals surface area contributed by atoms with Crippen molar-refractivity contribution in [2.45, 2.75) is 9.79 Å². The first kappa shape index (κ1) is 20.7. The molecule has 0 heterocycles. The van der Waals surface area contributed by atoms with Gasteiger partial charge in [-0.05, 0) is 29.7 Å². The Morgan fingerprint density at radius 2 is 1.59 bits per heavy atom. The van der Waals surface area contributed by atoms with E-state index in [1.54, 1.807) is 18.2 Å². The van der Waals surface area contributed by atoms with E-state index in [2.05, 4.69) is 10.2 Å². The molecular formula is C17H15N3O7S2. The third-order valence-electron chi connectivity index (χ3n) is 3.98. The minimum Gasteiger partial charge on any atom is -0.494 e. The molecule has 0 fully saturated rings. The largest absolute Gasteiger partial charge is 0.494 e. The number of nitrogens with two attached hydrogens (primary N) is 1. The molecular weight excluding hydrogens is 422 g/mol. The molecule has 10 nitrogen and oxygen atoms in total. The SMILES string of the molecule is COc1cc(N)c(S(=O)(=O)O)cc1N=Nc1cccc2cc(S(=O)(=O)O)ccc12. The Labute approximate surface area is 166 Å². The maximum Gasteiger partial charge on any atom is 0.296 e. The van der Waals surface area contributed by atoms with Gasteiger partial charge >= 0.3 is 0 Å². The van der Waals surface area contributed by atoms with E-state index in [1.165, 1.54) is 31.4 Å². The van der Waals surface area contributed by atoms with Crippen molar-refractivity contribution in [3.63, 3.8) is 0 Å². The molecule has 0 saturated carbocycles. The van der Waals surface area contributed by atoms with E-state index in [4.69, 9.17) is 10.5 Å². The second-order valence-corrected chi connectivity index (χ2v) is 8.68. The number of hydrogen-bond donors (Lipinski definition) is 3. The summed E-state index contributed by atoms with van der Waals surface area (Å²) < 4.78 is 69.1. The van der Waals surface area contributed by atoms with Crippen LogP contribution in [0, 0.1) is 0 Å². The van der Waals surface area contributed by atoms with Gasteiger partial charge in [-0.3, -0.25) is 9.11 Å². The highest BCUT2D eigenvalue weighted by Crippen LogP contribution is 2.36. The summed E-state index contributed by atoms with van der Waals surface area (Å²) in [6.07, 6.45) is 0. The van der Waals surface area contributed by atoms with Crippen LogP contribution in [0.5, 0.6) is 5.75 Å². The molecule has 3 aromatic carbocycles. The van der Waals surface area contributed by atoms with Crippen LogP contribution in [0.15, 0.2) is 68.6 Å². The molecule has 0 radical (unpaired) electrons. The van der Waals surface area contributed by atoms with Crippen LogP contribution in [0.2, 0.25) is 0 Å². The van der Waals surface area contributed by atoms with Crippen molar-refractivity contribution >= 4 is 48.1 Å². The van der Waals surface area contributed by atoms with E-state index in [-0.39, 0.29) is 22.0 Å². The van der Waals surface area contributed by atoms with E-state index in [0.717, 1.165) is 6.07 Å². The summed E-state index contributed by atoms with van der Waals surface area (Å²) in [5.74, 6) is 0.132. The van der Waals surface area contributed by atoms with Gasteiger partial charge in [-0.1, -0.05) is 18.2 Å². The van der Waals surface area contributed by atoms with Crippen molar-refractivity contribution in [3.8, 4) is 5.75 Å². The zero-order chi connectivity index (χ0) is 21.4. The molecule has 0 atom stereocenters. The quantitative estimate of drug-likeness (QED) is 0.310. The van der Waals surface area contributed by atoms with Gasteiger partial charge in [-0.15, -0.1) is 10.2 Å². The molecule has 12 heteroatoms. The highest BCUT2D eigenvalue weighted by atomic mass is 32.2. The van der Waals surface area contributed by atoms with E-state index in [0.29, 0.717) is 16.5 Å². The third-order valence-corrected chi connectivity index (χ3v) is 5.74. The van der Waals surface area contributed by atoms with E-state index >= 15 is 0 Å². The van der Waals surface area contributed by atoms with Crippen molar-refractivity contribution in [3.05, 3.63) is 48.5 Å². The Bertz CT molecular complexity index is 1350. The molecule has 29 heavy (non-hydrogen) atoms. The van der Waals surface area contributed by atoms with Gasteiger partial charge in [-0.2, -0.15) is 16.8 Å². The molecule has 0 spiro atoms. The summed E-state index contributed by atoms with van der Waals surface area (Å²) in [6.45, 7) is 0. The van der Waals surface area contributed by atoms with Crippen molar-refractivity contribution < 1.29 is 30.7 Å². The number of hydrogen-bond acceptors (Lipinski definition) is 8. The van der Waals surface area contributed by atoms with Gasteiger partial charge in [0.2, 0.25) is 0 Å². The predicted octanol–water partition coefficient (Wildman–Crippen LogP) is 3.34. The molecule has 0 bridgehead atoms. The molecule has 0 saturated heterocycles. The second-order valence-electron chi connectivity index (χ2n) is 5.87. The highest BCUT2D eigenvalue weighted by Gasteiger charge is 2.18. The van der Waals surface area contributed by atoms with Gasteiger partial charge in [0.25, 0.3) is 20.2 Å². The fourth-order valence-corrected chi connectivity index (χ4v) is 3.76. The van der Waals surface area contributed by atoms with E-state index < -0.39 is 25.1 Å². The van der Waals surface area contributed by atoms with Gasteiger partial charge in [0.1, 0.15) is 16.3 Å². The van der Waals surface area contributed by atoms with Crippen LogP contribution >= 0.6 is 0 Å². The van der Waals surface area contributed by atoms with Crippen LogP contribution < -0.4 is 10.5 Å². The molecule has 0 unspecified atom stereocenters. The molecule has 0 amide bonds. The maximum absolute atomic E-state index is 11.5. The summed E-state index contributed by atoms with van der Waals surface area (Å²) in [6, 6.07) is 11.0. The number of ether oxygens (including phenoxy) is 1. The molecule has 0 aliphatic rings. The number of anilines is 1.